The molecule has 0 aromatic rings. The second-order valence-corrected chi connectivity index (χ2v) is 2.96. The summed E-state index contributed by atoms with van der Waals surface area (Å²) in [5.74, 6) is -5.36. The Morgan fingerprint density at radius 2 is 1.56 bits per heavy atom. The van der Waals surface area contributed by atoms with Crippen LogP contribution in [0.4, 0.5) is 31.1 Å². The highest BCUT2D eigenvalue weighted by Gasteiger charge is 2.67. The third-order valence-corrected chi connectivity index (χ3v) is 1.23. The van der Waals surface area contributed by atoms with Gasteiger partial charge in [-0.25, -0.2) is 13.6 Å². The van der Waals surface area contributed by atoms with Crippen molar-refractivity contribution in [1.29, 1.82) is 0 Å². The molecule has 0 spiro atoms. The van der Waals surface area contributed by atoms with Gasteiger partial charge in [0.15, 0.2) is 0 Å². The standard InChI is InChI=1S/C7H8F6O3/c1-3(2)15-5(14)16-6(10,4(8)9)7(11,12)13/h3-4H,1-2H3. The van der Waals surface area contributed by atoms with Gasteiger partial charge in [0.05, 0.1) is 6.10 Å². The number of rotatable bonds is 3. The van der Waals surface area contributed by atoms with Gasteiger partial charge >= 0.3 is 24.6 Å². The highest BCUT2D eigenvalue weighted by Crippen LogP contribution is 2.40. The van der Waals surface area contributed by atoms with E-state index in [1.54, 1.807) is 0 Å². The molecular formula is C7H8F6O3. The molecule has 0 aromatic carbocycles. The van der Waals surface area contributed by atoms with E-state index in [9.17, 15) is 31.1 Å². The van der Waals surface area contributed by atoms with E-state index in [4.69, 9.17) is 0 Å². The van der Waals surface area contributed by atoms with Crippen LogP contribution in [0.15, 0.2) is 0 Å². The number of ether oxygens (including phenoxy) is 2. The second kappa shape index (κ2) is 4.79. The molecule has 0 radical (unpaired) electrons. The van der Waals surface area contributed by atoms with Crippen molar-refractivity contribution in [3.05, 3.63) is 0 Å². The number of hydrogen-bond acceptors (Lipinski definition) is 3. The van der Waals surface area contributed by atoms with Gasteiger partial charge in [-0.15, -0.1) is 0 Å². The van der Waals surface area contributed by atoms with Crippen molar-refractivity contribution < 1.29 is 40.6 Å². The normalized spacial score (nSPS) is 16.1. The van der Waals surface area contributed by atoms with Crippen LogP contribution in [0.1, 0.15) is 13.8 Å². The number of alkyl halides is 6. The van der Waals surface area contributed by atoms with Gasteiger partial charge in [0.2, 0.25) is 0 Å². The summed E-state index contributed by atoms with van der Waals surface area (Å²) < 4.78 is 78.9. The van der Waals surface area contributed by atoms with E-state index in [1.807, 2.05) is 0 Å². The van der Waals surface area contributed by atoms with Crippen molar-refractivity contribution in [2.24, 2.45) is 0 Å². The highest BCUT2D eigenvalue weighted by molar-refractivity contribution is 5.60. The number of hydrogen-bond donors (Lipinski definition) is 0. The fraction of sp³-hybridized carbons (Fsp3) is 0.857. The summed E-state index contributed by atoms with van der Waals surface area (Å²) in [5.41, 5.74) is 0. The van der Waals surface area contributed by atoms with Gasteiger partial charge in [-0.2, -0.15) is 17.6 Å². The quantitative estimate of drug-likeness (QED) is 0.573. The summed E-state index contributed by atoms with van der Waals surface area (Å²) in [6.45, 7) is 2.44. The Hall–Kier alpha value is -1.15. The van der Waals surface area contributed by atoms with Gasteiger partial charge in [0, 0.05) is 0 Å². The molecule has 0 saturated heterocycles. The van der Waals surface area contributed by atoms with Gasteiger partial charge in [-0.1, -0.05) is 0 Å². The first kappa shape index (κ1) is 14.8. The molecule has 9 heteroatoms. The van der Waals surface area contributed by atoms with Crippen molar-refractivity contribution in [3.63, 3.8) is 0 Å². The van der Waals surface area contributed by atoms with Crippen molar-refractivity contribution in [1.82, 2.24) is 0 Å². The van der Waals surface area contributed by atoms with E-state index < -0.39 is 30.7 Å². The molecule has 0 aliphatic heterocycles. The minimum atomic E-state index is -6.04. The second-order valence-electron chi connectivity index (χ2n) is 2.96. The van der Waals surface area contributed by atoms with Crippen LogP contribution >= 0.6 is 0 Å². The predicted octanol–water partition coefficient (Wildman–Crippen LogP) is 3.04. The monoisotopic (exact) mass is 254 g/mol. The largest absolute Gasteiger partial charge is 0.511 e. The summed E-state index contributed by atoms with van der Waals surface area (Å²) in [6.07, 6.45) is -13.7. The van der Waals surface area contributed by atoms with Crippen LogP contribution in [0.3, 0.4) is 0 Å². The molecule has 0 rings (SSSR count). The average molecular weight is 254 g/mol. The van der Waals surface area contributed by atoms with Gasteiger partial charge in [0.1, 0.15) is 0 Å². The Morgan fingerprint density at radius 3 is 1.81 bits per heavy atom. The van der Waals surface area contributed by atoms with Gasteiger partial charge in [-0.3, -0.25) is 0 Å². The van der Waals surface area contributed by atoms with E-state index in [0.29, 0.717) is 0 Å². The van der Waals surface area contributed by atoms with Crippen LogP contribution in [0.25, 0.3) is 0 Å². The molecule has 0 fully saturated rings. The average Bonchev–Trinajstić information content (AvgIpc) is 1.99. The maximum atomic E-state index is 12.7. The minimum absolute atomic E-state index is 0.928. The summed E-state index contributed by atoms with van der Waals surface area (Å²) in [6, 6.07) is 0. The lowest BCUT2D eigenvalue weighted by Crippen LogP contribution is -2.51. The Balaban J connectivity index is 4.78. The Bertz CT molecular complexity index is 251. The highest BCUT2D eigenvalue weighted by atomic mass is 19.4. The van der Waals surface area contributed by atoms with Crippen molar-refractivity contribution in [3.8, 4) is 0 Å². The van der Waals surface area contributed by atoms with Crippen molar-refractivity contribution in [2.45, 2.75) is 38.4 Å². The maximum Gasteiger partial charge on any atom is 0.511 e. The summed E-state index contributed by atoms with van der Waals surface area (Å²) in [7, 11) is 0. The molecular weight excluding hydrogens is 246 g/mol. The summed E-state index contributed by atoms with van der Waals surface area (Å²) in [4.78, 5) is 10.5. The van der Waals surface area contributed by atoms with Crippen molar-refractivity contribution >= 4 is 6.16 Å². The fourth-order valence-corrected chi connectivity index (χ4v) is 0.564. The molecule has 3 nitrogen and oxygen atoms in total. The van der Waals surface area contributed by atoms with Crippen LogP contribution in [-0.4, -0.2) is 30.7 Å². The van der Waals surface area contributed by atoms with Crippen LogP contribution in [0.2, 0.25) is 0 Å². The molecule has 0 aliphatic rings. The van der Waals surface area contributed by atoms with E-state index in [0.717, 1.165) is 0 Å². The lowest BCUT2D eigenvalue weighted by molar-refractivity contribution is -0.354. The predicted molar refractivity (Wildman–Crippen MR) is 38.6 cm³/mol. The summed E-state index contributed by atoms with van der Waals surface area (Å²) in [5, 5.41) is 0. The molecule has 0 heterocycles. The van der Waals surface area contributed by atoms with Gasteiger partial charge < -0.3 is 9.47 Å². The van der Waals surface area contributed by atoms with Crippen LogP contribution in [0, 0.1) is 0 Å². The summed E-state index contributed by atoms with van der Waals surface area (Å²) >= 11 is 0. The van der Waals surface area contributed by atoms with E-state index in [-0.39, 0.29) is 0 Å². The van der Waals surface area contributed by atoms with Crippen LogP contribution < -0.4 is 0 Å². The Labute approximate surface area is 86.3 Å². The zero-order valence-corrected chi connectivity index (χ0v) is 8.15. The molecule has 0 aromatic heterocycles. The Morgan fingerprint density at radius 1 is 1.12 bits per heavy atom. The Kier molecular flexibility index (Phi) is 4.45. The van der Waals surface area contributed by atoms with E-state index in [2.05, 4.69) is 9.47 Å². The van der Waals surface area contributed by atoms with Crippen LogP contribution in [0.5, 0.6) is 0 Å². The zero-order valence-electron chi connectivity index (χ0n) is 8.15. The molecule has 96 valence electrons. The molecule has 0 aliphatic carbocycles. The van der Waals surface area contributed by atoms with Gasteiger partial charge in [0.25, 0.3) is 0 Å². The van der Waals surface area contributed by atoms with Crippen molar-refractivity contribution in [2.75, 3.05) is 0 Å². The third kappa shape index (κ3) is 3.46. The minimum Gasteiger partial charge on any atom is -0.431 e. The first-order valence-corrected chi connectivity index (χ1v) is 3.94. The number of halogens is 6. The third-order valence-electron chi connectivity index (χ3n) is 1.23. The maximum absolute atomic E-state index is 12.7. The topological polar surface area (TPSA) is 35.5 Å². The van der Waals surface area contributed by atoms with E-state index in [1.165, 1.54) is 13.8 Å². The molecule has 16 heavy (non-hydrogen) atoms. The zero-order chi connectivity index (χ0) is 13.1. The molecule has 0 amide bonds. The van der Waals surface area contributed by atoms with Crippen LogP contribution in [-0.2, 0) is 9.47 Å². The lowest BCUT2D eigenvalue weighted by atomic mass is 10.3. The lowest BCUT2D eigenvalue weighted by Gasteiger charge is -2.26. The molecule has 1 unspecified atom stereocenters. The molecule has 0 bridgehead atoms. The molecule has 0 saturated carbocycles. The number of carbonyl (C=O) groups is 1. The fourth-order valence-electron chi connectivity index (χ4n) is 0.564. The van der Waals surface area contributed by atoms with Gasteiger partial charge in [-0.05, 0) is 13.8 Å². The molecule has 1 atom stereocenters. The smallest absolute Gasteiger partial charge is 0.431 e. The SMILES string of the molecule is CC(C)OC(=O)OC(F)(C(F)F)C(F)(F)F. The first-order valence-electron chi connectivity index (χ1n) is 3.94. The van der Waals surface area contributed by atoms with E-state index >= 15 is 0 Å². The first-order chi connectivity index (χ1) is 7.00. The molecule has 0 N–H and O–H groups in total. The number of carbonyl (C=O) groups excluding carboxylic acids is 1.